The molecule has 0 aliphatic carbocycles. The highest BCUT2D eigenvalue weighted by molar-refractivity contribution is 7.98. The number of thioether (sulfide) groups is 1. The van der Waals surface area contributed by atoms with Crippen molar-refractivity contribution in [2.24, 2.45) is 12.9 Å². The fourth-order valence-corrected chi connectivity index (χ4v) is 2.05. The van der Waals surface area contributed by atoms with Gasteiger partial charge in [0.1, 0.15) is 5.76 Å². The molecule has 0 spiro atoms. The van der Waals surface area contributed by atoms with Crippen molar-refractivity contribution in [3.8, 4) is 0 Å². The lowest BCUT2D eigenvalue weighted by molar-refractivity contribution is 0.0924. The van der Waals surface area contributed by atoms with Gasteiger partial charge in [0.2, 0.25) is 5.95 Å². The largest absolute Gasteiger partial charge is 0.455 e. The van der Waals surface area contributed by atoms with Gasteiger partial charge in [-0.1, -0.05) is 11.8 Å². The van der Waals surface area contributed by atoms with E-state index in [-0.39, 0.29) is 5.76 Å². The van der Waals surface area contributed by atoms with Gasteiger partial charge >= 0.3 is 5.91 Å². The first-order valence-corrected chi connectivity index (χ1v) is 5.97. The second kappa shape index (κ2) is 5.10. The zero-order valence-corrected chi connectivity index (χ0v) is 10.4. The second-order valence-corrected chi connectivity index (χ2v) is 4.37. The van der Waals surface area contributed by atoms with Gasteiger partial charge < -0.3 is 10.2 Å². The quantitative estimate of drug-likeness (QED) is 0.305. The summed E-state index contributed by atoms with van der Waals surface area (Å²) in [5, 5.41) is 8.31. The third-order valence-corrected chi connectivity index (χ3v) is 3.27. The fourth-order valence-electron chi connectivity index (χ4n) is 1.24. The molecule has 0 aliphatic rings. The molecule has 96 valence electrons. The molecule has 0 aliphatic heterocycles. The van der Waals surface area contributed by atoms with E-state index in [2.05, 4.69) is 10.2 Å². The topological polar surface area (TPSA) is 125 Å². The predicted octanol–water partition coefficient (Wildman–Crippen LogP) is -0.114. The number of carbonyl (C=O) groups is 1. The van der Waals surface area contributed by atoms with Gasteiger partial charge in [-0.25, -0.2) is 5.84 Å². The molecule has 2 aromatic rings. The molecular weight excluding hydrogens is 256 g/mol. The van der Waals surface area contributed by atoms with Crippen LogP contribution in [0.3, 0.4) is 0 Å². The molecule has 0 saturated heterocycles. The third kappa shape index (κ3) is 2.46. The summed E-state index contributed by atoms with van der Waals surface area (Å²) in [6, 6.07) is 3.26. The van der Waals surface area contributed by atoms with Gasteiger partial charge in [-0.05, 0) is 12.1 Å². The number of hydrogen-bond acceptors (Lipinski definition) is 7. The molecule has 0 aromatic carbocycles. The minimum Gasteiger partial charge on any atom is -0.455 e. The van der Waals surface area contributed by atoms with Crippen LogP contribution in [-0.2, 0) is 12.8 Å². The number of nitrogens with two attached hydrogens (primary N) is 2. The molecule has 1 amide bonds. The summed E-state index contributed by atoms with van der Waals surface area (Å²) in [6.07, 6.45) is 0. The van der Waals surface area contributed by atoms with E-state index in [0.29, 0.717) is 22.6 Å². The van der Waals surface area contributed by atoms with Crippen LogP contribution in [0.5, 0.6) is 0 Å². The van der Waals surface area contributed by atoms with Crippen molar-refractivity contribution in [1.29, 1.82) is 0 Å². The first-order chi connectivity index (χ1) is 8.61. The summed E-state index contributed by atoms with van der Waals surface area (Å²) in [6.45, 7) is 0. The molecular formula is C9H12N6O2S. The summed E-state index contributed by atoms with van der Waals surface area (Å²) in [7, 11) is 1.77. The van der Waals surface area contributed by atoms with E-state index in [1.807, 2.05) is 5.43 Å². The molecule has 0 bridgehead atoms. The molecule has 0 saturated carbocycles. The lowest BCUT2D eigenvalue weighted by atomic mass is 10.4. The molecule has 9 heteroatoms. The van der Waals surface area contributed by atoms with Gasteiger partial charge in [0.05, 0.1) is 5.75 Å². The van der Waals surface area contributed by atoms with E-state index in [4.69, 9.17) is 16.0 Å². The van der Waals surface area contributed by atoms with E-state index in [1.54, 1.807) is 23.7 Å². The Hall–Kier alpha value is -2.00. The Labute approximate surface area is 107 Å². The maximum absolute atomic E-state index is 11.2. The van der Waals surface area contributed by atoms with Crippen molar-refractivity contribution in [1.82, 2.24) is 20.2 Å². The van der Waals surface area contributed by atoms with Crippen LogP contribution >= 0.6 is 11.8 Å². The maximum Gasteiger partial charge on any atom is 0.300 e. The lowest BCUT2D eigenvalue weighted by Gasteiger charge is -1.99. The zero-order valence-electron chi connectivity index (χ0n) is 9.58. The van der Waals surface area contributed by atoms with E-state index >= 15 is 0 Å². The molecule has 5 N–H and O–H groups in total. The number of rotatable bonds is 4. The van der Waals surface area contributed by atoms with Crippen LogP contribution in [-0.4, -0.2) is 20.7 Å². The van der Waals surface area contributed by atoms with Crippen molar-refractivity contribution >= 4 is 23.6 Å². The molecule has 0 fully saturated rings. The SMILES string of the molecule is Cn1c(N)nnc1SCc1ccc(C(=O)NN)o1. The number of aromatic nitrogens is 3. The average Bonchev–Trinajstić information content (AvgIpc) is 2.96. The third-order valence-electron chi connectivity index (χ3n) is 2.23. The van der Waals surface area contributed by atoms with Gasteiger partial charge in [0.25, 0.3) is 0 Å². The number of nitrogens with one attached hydrogen (secondary N) is 1. The Morgan fingerprint density at radius 3 is 2.94 bits per heavy atom. The van der Waals surface area contributed by atoms with Crippen molar-refractivity contribution < 1.29 is 9.21 Å². The van der Waals surface area contributed by atoms with E-state index in [0.717, 1.165) is 0 Å². The number of nitrogen functional groups attached to an aromatic ring is 2. The van der Waals surface area contributed by atoms with Crippen molar-refractivity contribution in [2.45, 2.75) is 10.9 Å². The van der Waals surface area contributed by atoms with Crippen molar-refractivity contribution in [3.05, 3.63) is 23.7 Å². The number of hydrogen-bond donors (Lipinski definition) is 3. The normalized spacial score (nSPS) is 10.6. The van der Waals surface area contributed by atoms with Gasteiger partial charge in [-0.15, -0.1) is 10.2 Å². The van der Waals surface area contributed by atoms with Crippen LogP contribution in [0.15, 0.2) is 21.7 Å². The number of furan rings is 1. The molecule has 0 unspecified atom stereocenters. The number of anilines is 1. The fraction of sp³-hybridized carbons (Fsp3) is 0.222. The molecule has 8 nitrogen and oxygen atoms in total. The van der Waals surface area contributed by atoms with Crippen LogP contribution in [0.2, 0.25) is 0 Å². The first-order valence-electron chi connectivity index (χ1n) is 4.99. The van der Waals surface area contributed by atoms with Gasteiger partial charge in [-0.3, -0.25) is 14.8 Å². The number of nitrogens with zero attached hydrogens (tertiary/aromatic N) is 3. The standard InChI is InChI=1S/C9H12N6O2S/c1-15-8(10)13-14-9(15)18-4-5-2-3-6(17-5)7(16)12-11/h2-3H,4,11H2,1H3,(H2,10,13)(H,12,16). The van der Waals surface area contributed by atoms with Gasteiger partial charge in [0.15, 0.2) is 10.9 Å². The maximum atomic E-state index is 11.2. The number of hydrazine groups is 1. The summed E-state index contributed by atoms with van der Waals surface area (Å²) in [5.74, 6) is 6.21. The molecule has 2 aromatic heterocycles. The lowest BCUT2D eigenvalue weighted by Crippen LogP contribution is -2.29. The Bertz CT molecular complexity index is 563. The van der Waals surface area contributed by atoms with Crippen LogP contribution < -0.4 is 17.0 Å². The highest BCUT2D eigenvalue weighted by Crippen LogP contribution is 2.22. The Morgan fingerprint density at radius 2 is 2.33 bits per heavy atom. The highest BCUT2D eigenvalue weighted by Gasteiger charge is 2.11. The number of amides is 1. The van der Waals surface area contributed by atoms with Gasteiger partial charge in [0, 0.05) is 7.05 Å². The van der Waals surface area contributed by atoms with Crippen LogP contribution in [0.1, 0.15) is 16.3 Å². The van der Waals surface area contributed by atoms with Crippen molar-refractivity contribution in [2.75, 3.05) is 5.73 Å². The summed E-state index contributed by atoms with van der Waals surface area (Å²) in [5.41, 5.74) is 7.56. The number of carbonyl (C=O) groups excluding carboxylic acids is 1. The smallest absolute Gasteiger partial charge is 0.300 e. The molecule has 0 radical (unpaired) electrons. The predicted molar refractivity (Wildman–Crippen MR) is 65.3 cm³/mol. The summed E-state index contributed by atoms with van der Waals surface area (Å²) >= 11 is 1.41. The van der Waals surface area contributed by atoms with E-state index < -0.39 is 5.91 Å². The highest BCUT2D eigenvalue weighted by atomic mass is 32.2. The van der Waals surface area contributed by atoms with E-state index in [1.165, 1.54) is 11.8 Å². The summed E-state index contributed by atoms with van der Waals surface area (Å²) in [4.78, 5) is 11.2. The second-order valence-electron chi connectivity index (χ2n) is 3.43. The minimum atomic E-state index is -0.464. The molecule has 2 rings (SSSR count). The average molecular weight is 268 g/mol. The Morgan fingerprint density at radius 1 is 1.56 bits per heavy atom. The monoisotopic (exact) mass is 268 g/mol. The first kappa shape index (κ1) is 12.5. The Balaban J connectivity index is 2.00. The Kier molecular flexibility index (Phi) is 3.53. The molecule has 18 heavy (non-hydrogen) atoms. The minimum absolute atomic E-state index is 0.172. The van der Waals surface area contributed by atoms with Crippen LogP contribution in [0.25, 0.3) is 0 Å². The molecule has 2 heterocycles. The van der Waals surface area contributed by atoms with Gasteiger partial charge in [-0.2, -0.15) is 0 Å². The summed E-state index contributed by atoms with van der Waals surface area (Å²) < 4.78 is 6.97. The van der Waals surface area contributed by atoms with E-state index in [9.17, 15) is 4.79 Å². The van der Waals surface area contributed by atoms with Crippen LogP contribution in [0, 0.1) is 0 Å². The van der Waals surface area contributed by atoms with Crippen molar-refractivity contribution in [3.63, 3.8) is 0 Å². The molecule has 0 atom stereocenters. The zero-order chi connectivity index (χ0) is 13.1. The van der Waals surface area contributed by atoms with Crippen LogP contribution in [0.4, 0.5) is 5.95 Å².